The molecule has 1 aliphatic heterocycles. The number of fused-ring (bicyclic) bond motifs is 3. The molecule has 4 atom stereocenters. The van der Waals surface area contributed by atoms with Crippen molar-refractivity contribution in [2.75, 3.05) is 6.54 Å². The number of piperidine rings is 1. The first kappa shape index (κ1) is 25.6. The molecular weight excluding hydrogens is 538 g/mol. The largest absolute Gasteiger partial charge is 0.365 e. The molecule has 14 heteroatoms. The van der Waals surface area contributed by atoms with Crippen molar-refractivity contribution in [3.63, 3.8) is 0 Å². The fraction of sp³-hybridized carbons (Fsp3) is 0.480. The van der Waals surface area contributed by atoms with Crippen LogP contribution in [0.4, 0.5) is 0 Å². The first-order valence-electron chi connectivity index (χ1n) is 12.8. The van der Waals surface area contributed by atoms with Crippen molar-refractivity contribution >= 4 is 40.4 Å². The van der Waals surface area contributed by atoms with Crippen molar-refractivity contribution in [2.45, 2.75) is 62.6 Å². The summed E-state index contributed by atoms with van der Waals surface area (Å²) in [6.07, 6.45) is 3.40. The highest BCUT2D eigenvalue weighted by Gasteiger charge is 2.54. The van der Waals surface area contributed by atoms with Crippen LogP contribution in [-0.4, -0.2) is 67.9 Å². The topological polar surface area (TPSA) is 197 Å². The molecule has 202 valence electrons. The quantitative estimate of drug-likeness (QED) is 0.308. The minimum atomic E-state index is -0.984. The maximum Gasteiger partial charge on any atom is 0.258 e. The molecule has 0 bridgehead atoms. The summed E-state index contributed by atoms with van der Waals surface area (Å²) in [5.41, 5.74) is 12.0. The predicted molar refractivity (Wildman–Crippen MR) is 142 cm³/mol. The number of primary amides is 2. The van der Waals surface area contributed by atoms with E-state index < -0.39 is 17.2 Å². The van der Waals surface area contributed by atoms with Gasteiger partial charge in [0, 0.05) is 21.8 Å². The highest BCUT2D eigenvalue weighted by atomic mass is 32.1. The van der Waals surface area contributed by atoms with E-state index in [0.29, 0.717) is 40.8 Å². The van der Waals surface area contributed by atoms with Gasteiger partial charge in [0.1, 0.15) is 6.04 Å². The number of amides is 3. The Kier molecular flexibility index (Phi) is 6.24. The van der Waals surface area contributed by atoms with Crippen LogP contribution >= 0.6 is 22.7 Å². The van der Waals surface area contributed by atoms with E-state index in [2.05, 4.69) is 32.0 Å². The molecule has 12 nitrogen and oxygen atoms in total. The van der Waals surface area contributed by atoms with E-state index in [1.165, 1.54) is 22.7 Å². The number of carbonyl (C=O) groups is 3. The Bertz CT molecular complexity index is 1440. The molecule has 0 radical (unpaired) electrons. The van der Waals surface area contributed by atoms with Crippen LogP contribution in [0.2, 0.25) is 0 Å². The molecule has 1 saturated heterocycles. The molecule has 4 heterocycles. The van der Waals surface area contributed by atoms with Crippen LogP contribution in [-0.2, 0) is 23.1 Å². The summed E-state index contributed by atoms with van der Waals surface area (Å²) < 4.78 is 0. The maximum atomic E-state index is 13.1. The molecule has 0 spiro atoms. The van der Waals surface area contributed by atoms with E-state index in [0.717, 1.165) is 33.7 Å². The van der Waals surface area contributed by atoms with E-state index in [-0.39, 0.29) is 30.6 Å². The molecule has 1 unspecified atom stereocenters. The van der Waals surface area contributed by atoms with Crippen LogP contribution in [0, 0.1) is 17.2 Å². The molecule has 3 aromatic heterocycles. The van der Waals surface area contributed by atoms with Gasteiger partial charge in [-0.25, -0.2) is 0 Å². The van der Waals surface area contributed by atoms with E-state index >= 15 is 0 Å². The van der Waals surface area contributed by atoms with Gasteiger partial charge in [0.15, 0.2) is 5.82 Å². The highest BCUT2D eigenvalue weighted by Crippen LogP contribution is 2.51. The Morgan fingerprint density at radius 1 is 1.18 bits per heavy atom. The van der Waals surface area contributed by atoms with E-state index in [1.54, 1.807) is 17.0 Å². The molecule has 6 rings (SSSR count). The molecule has 2 aliphatic carbocycles. The van der Waals surface area contributed by atoms with Crippen molar-refractivity contribution in [2.24, 2.45) is 17.4 Å². The minimum Gasteiger partial charge on any atom is -0.365 e. The van der Waals surface area contributed by atoms with Crippen molar-refractivity contribution in [3.8, 4) is 6.07 Å². The summed E-state index contributed by atoms with van der Waals surface area (Å²) in [4.78, 5) is 42.1. The minimum absolute atomic E-state index is 0.0803. The first-order chi connectivity index (χ1) is 18.7. The Morgan fingerprint density at radius 3 is 2.36 bits per heavy atom. The molecule has 1 saturated carbocycles. The van der Waals surface area contributed by atoms with Crippen molar-refractivity contribution < 1.29 is 14.4 Å². The fourth-order valence-electron chi connectivity index (χ4n) is 6.28. The molecule has 6 N–H and O–H groups in total. The van der Waals surface area contributed by atoms with Gasteiger partial charge in [-0.2, -0.15) is 10.5 Å². The lowest BCUT2D eigenvalue weighted by Gasteiger charge is -2.34. The summed E-state index contributed by atoms with van der Waals surface area (Å²) in [6.45, 7) is 2.05. The number of aromatic nitrogens is 4. The summed E-state index contributed by atoms with van der Waals surface area (Å²) in [6, 6.07) is 5.42. The van der Waals surface area contributed by atoms with Crippen molar-refractivity contribution in [1.29, 1.82) is 5.26 Å². The van der Waals surface area contributed by atoms with Crippen LogP contribution in [0.25, 0.3) is 0 Å². The zero-order valence-corrected chi connectivity index (χ0v) is 22.8. The number of nitrogens with one attached hydrogen (secondary N) is 2. The second-order valence-electron chi connectivity index (χ2n) is 10.5. The lowest BCUT2D eigenvalue weighted by Crippen LogP contribution is -2.46. The van der Waals surface area contributed by atoms with E-state index in [4.69, 9.17) is 11.5 Å². The molecule has 39 heavy (non-hydrogen) atoms. The monoisotopic (exact) mass is 565 g/mol. The SMILES string of the molecule is C[C@H](CC1(c2nn[nH]n2)c2cc(C(N)=O)sc2CCc2sc(C(N)=O)cc21)NCC(=O)N1C(C#N)C[C@@H]2C[C@@H]21. The number of aryl methyl sites for hydroxylation is 2. The van der Waals surface area contributed by atoms with E-state index in [1.807, 2.05) is 6.92 Å². The number of nitrogens with zero attached hydrogens (tertiary/aromatic N) is 5. The Balaban J connectivity index is 1.38. The standard InChI is InChI=1S/C25H27N9O3S2/c1-11(29-10-21(35)34-13(9-26)4-12-5-16(12)34)8-25(24-30-32-33-31-24)14-6-19(22(27)36)38-17(14)2-3-18-15(25)7-20(39-18)23(28)37/h6-7,11-13,16,29H,2-5,8,10H2,1H3,(H2,27,36)(H2,28,37)(H,30,31,32,33)/t11-,12-,13?,16+/m1/s1. The fourth-order valence-corrected chi connectivity index (χ4v) is 8.46. The number of likely N-dealkylation sites (tertiary alicyclic amines) is 1. The zero-order chi connectivity index (χ0) is 27.5. The van der Waals surface area contributed by atoms with Crippen LogP contribution < -0.4 is 16.8 Å². The van der Waals surface area contributed by atoms with Crippen LogP contribution in [0.15, 0.2) is 12.1 Å². The number of carbonyl (C=O) groups excluding carboxylic acids is 3. The second kappa shape index (κ2) is 9.51. The molecule has 2 fully saturated rings. The van der Waals surface area contributed by atoms with E-state index in [9.17, 15) is 19.6 Å². The number of thiophene rings is 2. The Hall–Kier alpha value is -3.67. The van der Waals surface area contributed by atoms with Gasteiger partial charge in [-0.1, -0.05) is 5.21 Å². The maximum absolute atomic E-state index is 13.1. The Morgan fingerprint density at radius 2 is 1.82 bits per heavy atom. The average molecular weight is 566 g/mol. The van der Waals surface area contributed by atoms with Crippen LogP contribution in [0.1, 0.15) is 72.2 Å². The number of rotatable bonds is 8. The second-order valence-corrected chi connectivity index (χ2v) is 12.8. The summed E-state index contributed by atoms with van der Waals surface area (Å²) in [5, 5.41) is 28.1. The molecular formula is C25H27N9O3S2. The number of hydrogen-bond acceptors (Lipinski definition) is 10. The lowest BCUT2D eigenvalue weighted by atomic mass is 9.70. The smallest absolute Gasteiger partial charge is 0.258 e. The summed E-state index contributed by atoms with van der Waals surface area (Å²) in [5.74, 6) is -0.305. The third kappa shape index (κ3) is 4.21. The molecule has 0 aromatic carbocycles. The average Bonchev–Trinajstić information content (AvgIpc) is 3.42. The highest BCUT2D eigenvalue weighted by molar-refractivity contribution is 7.15. The lowest BCUT2D eigenvalue weighted by molar-refractivity contribution is -0.131. The van der Waals surface area contributed by atoms with Gasteiger partial charge in [0.25, 0.3) is 11.8 Å². The predicted octanol–water partition coefficient (Wildman–Crippen LogP) is 0.835. The number of aromatic amines is 1. The van der Waals surface area contributed by atoms with Gasteiger partial charge in [0.05, 0.1) is 27.8 Å². The third-order valence-corrected chi connectivity index (χ3v) is 10.5. The van der Waals surface area contributed by atoms with Gasteiger partial charge in [-0.05, 0) is 68.2 Å². The summed E-state index contributed by atoms with van der Waals surface area (Å²) >= 11 is 2.70. The number of tetrazole rings is 1. The first-order valence-corrected chi connectivity index (χ1v) is 14.4. The van der Waals surface area contributed by atoms with Crippen molar-refractivity contribution in [1.82, 2.24) is 30.8 Å². The van der Waals surface area contributed by atoms with Crippen molar-refractivity contribution in [3.05, 3.63) is 48.6 Å². The zero-order valence-electron chi connectivity index (χ0n) is 21.1. The van der Waals surface area contributed by atoms with Gasteiger partial charge >= 0.3 is 0 Å². The number of hydrogen-bond donors (Lipinski definition) is 4. The Labute approximate surface area is 231 Å². The molecule has 3 aliphatic rings. The third-order valence-electron chi connectivity index (χ3n) is 8.08. The van der Waals surface area contributed by atoms with Gasteiger partial charge < -0.3 is 21.7 Å². The molecule has 3 aromatic rings. The summed E-state index contributed by atoms with van der Waals surface area (Å²) in [7, 11) is 0. The van der Waals surface area contributed by atoms with Crippen LogP contribution in [0.5, 0.6) is 0 Å². The normalized spacial score (nSPS) is 23.2. The van der Waals surface area contributed by atoms with Crippen LogP contribution in [0.3, 0.4) is 0 Å². The van der Waals surface area contributed by atoms with Gasteiger partial charge in [-0.15, -0.1) is 32.9 Å². The number of H-pyrrole nitrogens is 1. The number of nitrogens with two attached hydrogens (primary N) is 2. The molecule has 3 amide bonds. The van der Waals surface area contributed by atoms with Gasteiger partial charge in [-0.3, -0.25) is 14.4 Å². The van der Waals surface area contributed by atoms with Gasteiger partial charge in [0.2, 0.25) is 5.91 Å². The number of nitriles is 1.